The van der Waals surface area contributed by atoms with E-state index in [1.165, 1.54) is 75.3 Å². The number of phenols is 2. The third-order valence-electron chi connectivity index (χ3n) is 6.78. The highest BCUT2D eigenvalue weighted by atomic mass is 16.3. The Labute approximate surface area is 170 Å². The Hall–Kier alpha value is -1.96. The molecule has 152 valence electrons. The van der Waals surface area contributed by atoms with Crippen molar-refractivity contribution < 1.29 is 10.2 Å². The summed E-state index contributed by atoms with van der Waals surface area (Å²) in [5.74, 6) is 2.29. The van der Waals surface area contributed by atoms with Crippen LogP contribution in [0.2, 0.25) is 0 Å². The van der Waals surface area contributed by atoms with Crippen molar-refractivity contribution in [2.75, 3.05) is 0 Å². The maximum absolute atomic E-state index is 9.63. The van der Waals surface area contributed by atoms with Crippen LogP contribution in [0.5, 0.6) is 11.5 Å². The van der Waals surface area contributed by atoms with Gasteiger partial charge in [-0.3, -0.25) is 0 Å². The van der Waals surface area contributed by atoms with E-state index >= 15 is 0 Å². The summed E-state index contributed by atoms with van der Waals surface area (Å²) in [5, 5.41) is 19.3. The first-order valence-electron chi connectivity index (χ1n) is 11.1. The molecule has 2 heteroatoms. The Morgan fingerprint density at radius 2 is 0.929 bits per heavy atom. The number of aromatic hydroxyl groups is 2. The molecule has 2 aliphatic rings. The molecule has 0 saturated heterocycles. The molecular formula is C26H36O2. The fraction of sp³-hybridized carbons (Fsp3) is 0.538. The molecular weight excluding hydrogens is 344 g/mol. The predicted molar refractivity (Wildman–Crippen MR) is 117 cm³/mol. The number of phenolic OH excluding ortho intramolecular Hbond substituents is 2. The van der Waals surface area contributed by atoms with Crippen LogP contribution in [-0.2, 0) is 0 Å². The Morgan fingerprint density at radius 1 is 0.571 bits per heavy atom. The number of rotatable bonds is 2. The van der Waals surface area contributed by atoms with E-state index in [2.05, 4.69) is 12.1 Å². The predicted octanol–water partition coefficient (Wildman–Crippen LogP) is 7.50. The molecule has 0 amide bonds. The third kappa shape index (κ3) is 5.10. The maximum Gasteiger partial charge on any atom is 0.118 e. The van der Waals surface area contributed by atoms with Crippen LogP contribution in [0, 0.1) is 13.8 Å². The molecule has 0 aromatic heterocycles. The van der Waals surface area contributed by atoms with Gasteiger partial charge in [0.05, 0.1) is 0 Å². The zero-order valence-electron chi connectivity index (χ0n) is 17.6. The average molecular weight is 381 g/mol. The van der Waals surface area contributed by atoms with Gasteiger partial charge in [0.15, 0.2) is 0 Å². The van der Waals surface area contributed by atoms with Crippen molar-refractivity contribution >= 4 is 0 Å². The third-order valence-corrected chi connectivity index (χ3v) is 6.78. The topological polar surface area (TPSA) is 40.5 Å². The molecule has 0 unspecified atom stereocenters. The van der Waals surface area contributed by atoms with E-state index in [0.29, 0.717) is 23.3 Å². The van der Waals surface area contributed by atoms with Gasteiger partial charge in [0, 0.05) is 0 Å². The van der Waals surface area contributed by atoms with E-state index in [4.69, 9.17) is 0 Å². The van der Waals surface area contributed by atoms with E-state index in [0.717, 1.165) is 11.1 Å². The van der Waals surface area contributed by atoms with Crippen molar-refractivity contribution in [3.63, 3.8) is 0 Å². The van der Waals surface area contributed by atoms with Crippen molar-refractivity contribution in [3.8, 4) is 11.5 Å². The fourth-order valence-corrected chi connectivity index (χ4v) is 4.99. The molecule has 2 aromatic rings. The van der Waals surface area contributed by atoms with Gasteiger partial charge < -0.3 is 10.2 Å². The Balaban J connectivity index is 0.000000161. The lowest BCUT2D eigenvalue weighted by atomic mass is 9.82. The van der Waals surface area contributed by atoms with Gasteiger partial charge in [0.1, 0.15) is 11.5 Å². The van der Waals surface area contributed by atoms with E-state index in [1.807, 2.05) is 26.0 Å². The SMILES string of the molecule is Cc1c(O)cccc1C1CCCCC1.Cc1c(O)cccc1C1CCCCC1. The summed E-state index contributed by atoms with van der Waals surface area (Å²) in [6, 6.07) is 11.8. The first-order chi connectivity index (χ1) is 13.6. The van der Waals surface area contributed by atoms with Crippen LogP contribution >= 0.6 is 0 Å². The monoisotopic (exact) mass is 380 g/mol. The van der Waals surface area contributed by atoms with Gasteiger partial charge in [-0.15, -0.1) is 0 Å². The minimum atomic E-state index is 0.452. The lowest BCUT2D eigenvalue weighted by Crippen LogP contribution is -2.05. The molecule has 0 heterocycles. The summed E-state index contributed by atoms with van der Waals surface area (Å²) in [5.41, 5.74) is 4.90. The Bertz CT molecular complexity index is 688. The molecule has 2 fully saturated rings. The highest BCUT2D eigenvalue weighted by Crippen LogP contribution is 2.37. The smallest absolute Gasteiger partial charge is 0.118 e. The van der Waals surface area contributed by atoms with Crippen molar-refractivity contribution in [1.82, 2.24) is 0 Å². The molecule has 2 saturated carbocycles. The standard InChI is InChI=1S/2C13H18O/c2*1-10-12(8-5-9-13(10)14)11-6-3-2-4-7-11/h2*5,8-9,11,14H,2-4,6-7H2,1H3. The van der Waals surface area contributed by atoms with Crippen LogP contribution in [0.3, 0.4) is 0 Å². The van der Waals surface area contributed by atoms with Gasteiger partial charge in [-0.2, -0.15) is 0 Å². The summed E-state index contributed by atoms with van der Waals surface area (Å²) in [7, 11) is 0. The summed E-state index contributed by atoms with van der Waals surface area (Å²) in [6.07, 6.45) is 13.3. The normalized spacial score (nSPS) is 18.4. The molecule has 2 N–H and O–H groups in total. The summed E-state index contributed by atoms with van der Waals surface area (Å²) in [6.45, 7) is 4.05. The molecule has 2 aromatic carbocycles. The molecule has 0 aliphatic heterocycles. The number of hydrogen-bond acceptors (Lipinski definition) is 2. The Morgan fingerprint density at radius 3 is 1.29 bits per heavy atom. The van der Waals surface area contributed by atoms with E-state index in [9.17, 15) is 10.2 Å². The van der Waals surface area contributed by atoms with Crippen molar-refractivity contribution in [3.05, 3.63) is 58.7 Å². The highest BCUT2D eigenvalue weighted by Gasteiger charge is 2.18. The molecule has 28 heavy (non-hydrogen) atoms. The van der Waals surface area contributed by atoms with Crippen LogP contribution in [0.25, 0.3) is 0 Å². The lowest BCUT2D eigenvalue weighted by Gasteiger charge is -2.23. The first kappa shape index (κ1) is 20.8. The zero-order valence-corrected chi connectivity index (χ0v) is 17.6. The van der Waals surface area contributed by atoms with E-state index in [1.54, 1.807) is 12.1 Å². The molecule has 0 spiro atoms. The van der Waals surface area contributed by atoms with Crippen molar-refractivity contribution in [2.45, 2.75) is 89.9 Å². The molecule has 2 aliphatic carbocycles. The minimum Gasteiger partial charge on any atom is -0.508 e. The van der Waals surface area contributed by atoms with E-state index in [-0.39, 0.29) is 0 Å². The second-order valence-electron chi connectivity index (χ2n) is 8.65. The molecule has 4 rings (SSSR count). The van der Waals surface area contributed by atoms with Crippen LogP contribution in [-0.4, -0.2) is 10.2 Å². The van der Waals surface area contributed by atoms with Crippen molar-refractivity contribution in [2.24, 2.45) is 0 Å². The maximum atomic E-state index is 9.63. The van der Waals surface area contributed by atoms with Crippen LogP contribution in [0.15, 0.2) is 36.4 Å². The van der Waals surface area contributed by atoms with Gasteiger partial charge >= 0.3 is 0 Å². The molecule has 0 atom stereocenters. The average Bonchev–Trinajstić information content (AvgIpc) is 2.74. The second kappa shape index (κ2) is 10.0. The summed E-state index contributed by atoms with van der Waals surface area (Å²) in [4.78, 5) is 0. The molecule has 0 bridgehead atoms. The number of benzene rings is 2. The lowest BCUT2D eigenvalue weighted by molar-refractivity contribution is 0.435. The van der Waals surface area contributed by atoms with Gasteiger partial charge in [0.25, 0.3) is 0 Å². The van der Waals surface area contributed by atoms with Gasteiger partial charge in [-0.05, 0) is 85.8 Å². The summed E-state index contributed by atoms with van der Waals surface area (Å²) < 4.78 is 0. The second-order valence-corrected chi connectivity index (χ2v) is 8.65. The van der Waals surface area contributed by atoms with Gasteiger partial charge in [0.2, 0.25) is 0 Å². The van der Waals surface area contributed by atoms with Gasteiger partial charge in [-0.1, -0.05) is 62.8 Å². The molecule has 0 radical (unpaired) electrons. The largest absolute Gasteiger partial charge is 0.508 e. The van der Waals surface area contributed by atoms with Gasteiger partial charge in [-0.25, -0.2) is 0 Å². The summed E-state index contributed by atoms with van der Waals surface area (Å²) >= 11 is 0. The highest BCUT2D eigenvalue weighted by molar-refractivity contribution is 5.41. The minimum absolute atomic E-state index is 0.452. The van der Waals surface area contributed by atoms with Crippen molar-refractivity contribution in [1.29, 1.82) is 0 Å². The fourth-order valence-electron chi connectivity index (χ4n) is 4.99. The first-order valence-corrected chi connectivity index (χ1v) is 11.1. The zero-order chi connectivity index (χ0) is 19.9. The van der Waals surface area contributed by atoms with Crippen LogP contribution < -0.4 is 0 Å². The quantitative estimate of drug-likeness (QED) is 0.566. The Kier molecular flexibility index (Phi) is 7.42. The van der Waals surface area contributed by atoms with Crippen LogP contribution in [0.4, 0.5) is 0 Å². The van der Waals surface area contributed by atoms with E-state index < -0.39 is 0 Å². The van der Waals surface area contributed by atoms with Crippen LogP contribution in [0.1, 0.15) is 98.3 Å². The number of hydrogen-bond donors (Lipinski definition) is 2. The molecule has 2 nitrogen and oxygen atoms in total.